The zero-order valence-electron chi connectivity index (χ0n) is 34.4. The molecule has 2 unspecified atom stereocenters. The van der Waals surface area contributed by atoms with Crippen molar-refractivity contribution in [2.75, 3.05) is 13.2 Å². The van der Waals surface area contributed by atoms with E-state index in [0.717, 1.165) is 0 Å². The summed E-state index contributed by atoms with van der Waals surface area (Å²) in [5, 5.41) is 210. The summed E-state index contributed by atoms with van der Waals surface area (Å²) in [4.78, 5) is 0. The molecular formula is C48H32O21. The van der Waals surface area contributed by atoms with Gasteiger partial charge in [0.15, 0.2) is 69.0 Å². The van der Waals surface area contributed by atoms with Crippen molar-refractivity contribution in [3.63, 3.8) is 0 Å². The minimum Gasteiger partial charge on any atom is -0.507 e. The SMILES string of the molecule is Oc1c(O)c(O)c2c(O)c(-c3c4ccccc4c(-c4c(O)c(O)c5c(O)c(C6CO6)c(O)c(O)c5c4O)c4ccc(-c5c(O)c(O)c(O)c6c(O)c(O)c(O)c(C7CO7)c56)cc34)c(O)c(O)c2c1O. The van der Waals surface area contributed by atoms with Gasteiger partial charge in [-0.15, -0.1) is 0 Å². The molecule has 2 fully saturated rings. The minimum atomic E-state index is -1.36. The van der Waals surface area contributed by atoms with Gasteiger partial charge in [-0.3, -0.25) is 0 Å². The number of phenolic OH excluding ortho intramolecular Hbond substituents is 19. The molecule has 2 aliphatic heterocycles. The molecule has 2 aliphatic rings. The molecule has 0 aliphatic carbocycles. The summed E-state index contributed by atoms with van der Waals surface area (Å²) in [6.45, 7) is -0.0739. The smallest absolute Gasteiger partial charge is 0.205 e. The highest BCUT2D eigenvalue weighted by atomic mass is 16.6. The minimum absolute atomic E-state index is 0.00248. The van der Waals surface area contributed by atoms with E-state index in [4.69, 9.17) is 9.47 Å². The van der Waals surface area contributed by atoms with Crippen molar-refractivity contribution < 1.29 is 106 Å². The van der Waals surface area contributed by atoms with Crippen LogP contribution >= 0.6 is 0 Å². The van der Waals surface area contributed by atoms with E-state index in [-0.39, 0.29) is 68.0 Å². The van der Waals surface area contributed by atoms with Gasteiger partial charge in [0.25, 0.3) is 0 Å². The quantitative estimate of drug-likeness (QED) is 0.0357. The summed E-state index contributed by atoms with van der Waals surface area (Å²) in [5.74, 6) is -21.8. The lowest BCUT2D eigenvalue weighted by atomic mass is 9.81. The van der Waals surface area contributed by atoms with E-state index >= 15 is 0 Å². The summed E-state index contributed by atoms with van der Waals surface area (Å²) >= 11 is 0. The molecule has 2 heterocycles. The lowest BCUT2D eigenvalue weighted by molar-refractivity contribution is 0.347. The average molecular weight is 945 g/mol. The van der Waals surface area contributed by atoms with E-state index in [2.05, 4.69) is 0 Å². The van der Waals surface area contributed by atoms with Crippen molar-refractivity contribution in [2.45, 2.75) is 12.2 Å². The van der Waals surface area contributed by atoms with Crippen molar-refractivity contribution in [1.29, 1.82) is 0 Å². The molecule has 0 saturated carbocycles. The zero-order chi connectivity index (χ0) is 49.3. The number of aromatic hydroxyl groups is 19. The number of phenols is 19. The Morgan fingerprint density at radius 2 is 0.609 bits per heavy atom. The number of fused-ring (bicyclic) bond motifs is 5. The number of epoxide rings is 2. The van der Waals surface area contributed by atoms with Crippen LogP contribution in [0, 0.1) is 0 Å². The molecule has 2 saturated heterocycles. The van der Waals surface area contributed by atoms with Crippen LogP contribution in [-0.2, 0) is 9.47 Å². The van der Waals surface area contributed by atoms with Crippen LogP contribution in [-0.4, -0.2) is 110 Å². The maximum atomic E-state index is 12.2. The summed E-state index contributed by atoms with van der Waals surface area (Å²) in [5.41, 5.74) is -3.40. The molecule has 11 rings (SSSR count). The first-order valence-electron chi connectivity index (χ1n) is 20.3. The Balaban J connectivity index is 1.37. The lowest BCUT2D eigenvalue weighted by Crippen LogP contribution is -1.97. The third-order valence-electron chi connectivity index (χ3n) is 13.0. The van der Waals surface area contributed by atoms with Gasteiger partial charge < -0.3 is 106 Å². The third kappa shape index (κ3) is 5.23. The summed E-state index contributed by atoms with van der Waals surface area (Å²) in [6.07, 6.45) is -1.95. The standard InChI is InChI=1S/C48H32O21/c49-30-21(16-9-69-16)35(54)38(57)27-26(30)39(58)36(55)23(31(27)50)18-11-3-1-2-4-12(11)19(24-32(51)28-29(40(59)37(24)56)44(63)48(67)47(66)43(28)62)14-7-10(5-6-13(14)18)17-22-20(15-8-68-15)34(53)46(65)42(61)25(22)41(60)45(64)33(17)52/h1-7,15-16,49-67H,8-9H2. The van der Waals surface area contributed by atoms with Crippen LogP contribution in [0.2, 0.25) is 0 Å². The molecular weight excluding hydrogens is 913 g/mol. The lowest BCUT2D eigenvalue weighted by Gasteiger charge is -2.24. The molecule has 0 amide bonds. The first-order valence-corrected chi connectivity index (χ1v) is 20.3. The Morgan fingerprint density at radius 3 is 1.10 bits per heavy atom. The van der Waals surface area contributed by atoms with Gasteiger partial charge in [0.1, 0.15) is 29.5 Å². The fourth-order valence-corrected chi connectivity index (χ4v) is 9.66. The van der Waals surface area contributed by atoms with Gasteiger partial charge in [-0.1, -0.05) is 36.4 Å². The third-order valence-corrected chi connectivity index (χ3v) is 13.0. The first-order chi connectivity index (χ1) is 32.7. The summed E-state index contributed by atoms with van der Waals surface area (Å²) < 4.78 is 10.6. The maximum absolute atomic E-state index is 12.2. The van der Waals surface area contributed by atoms with Gasteiger partial charge >= 0.3 is 0 Å². The highest BCUT2D eigenvalue weighted by Crippen LogP contribution is 2.65. The normalized spacial score (nSPS) is 15.5. The first kappa shape index (κ1) is 42.1. The predicted octanol–water partition coefficient (Wildman–Crippen LogP) is 7.00. The van der Waals surface area contributed by atoms with Crippen molar-refractivity contribution in [2.24, 2.45) is 0 Å². The van der Waals surface area contributed by atoms with E-state index < -0.39 is 165 Å². The largest absolute Gasteiger partial charge is 0.507 e. The second kappa shape index (κ2) is 13.7. The topological polar surface area (TPSA) is 409 Å². The van der Waals surface area contributed by atoms with E-state index in [1.165, 1.54) is 42.5 Å². The Labute approximate surface area is 381 Å². The van der Waals surface area contributed by atoms with Gasteiger partial charge in [-0.2, -0.15) is 0 Å². The Kier molecular flexibility index (Phi) is 8.37. The number of hydrogen-bond acceptors (Lipinski definition) is 21. The molecule has 9 aromatic rings. The fourth-order valence-electron chi connectivity index (χ4n) is 9.66. The van der Waals surface area contributed by atoms with Crippen LogP contribution in [0.15, 0.2) is 42.5 Å². The van der Waals surface area contributed by atoms with Gasteiger partial charge in [-0.25, -0.2) is 0 Å². The molecule has 0 bridgehead atoms. The molecule has 350 valence electrons. The fraction of sp³-hybridized carbons (Fsp3) is 0.0833. The van der Waals surface area contributed by atoms with Crippen LogP contribution in [0.3, 0.4) is 0 Å². The second-order valence-corrected chi connectivity index (χ2v) is 16.5. The van der Waals surface area contributed by atoms with E-state index in [0.29, 0.717) is 0 Å². The number of ether oxygens (including phenoxy) is 2. The molecule has 0 aromatic heterocycles. The van der Waals surface area contributed by atoms with Crippen molar-refractivity contribution in [1.82, 2.24) is 0 Å². The van der Waals surface area contributed by atoms with Crippen LogP contribution < -0.4 is 0 Å². The highest BCUT2D eigenvalue weighted by Gasteiger charge is 2.40. The van der Waals surface area contributed by atoms with Crippen LogP contribution in [0.25, 0.3) is 87.2 Å². The van der Waals surface area contributed by atoms with Crippen molar-refractivity contribution in [3.05, 3.63) is 53.6 Å². The van der Waals surface area contributed by atoms with E-state index in [9.17, 15) is 97.0 Å². The molecule has 2 atom stereocenters. The molecule has 21 nitrogen and oxygen atoms in total. The van der Waals surface area contributed by atoms with Gasteiger partial charge in [-0.05, 0) is 33.2 Å². The predicted molar refractivity (Wildman–Crippen MR) is 239 cm³/mol. The molecule has 0 radical (unpaired) electrons. The van der Waals surface area contributed by atoms with Gasteiger partial charge in [0.2, 0.25) is 23.0 Å². The zero-order valence-corrected chi connectivity index (χ0v) is 34.4. The van der Waals surface area contributed by atoms with E-state index in [1.54, 1.807) is 0 Å². The van der Waals surface area contributed by atoms with Crippen LogP contribution in [0.5, 0.6) is 109 Å². The molecule has 69 heavy (non-hydrogen) atoms. The molecule has 0 spiro atoms. The number of hydrogen-bond donors (Lipinski definition) is 19. The van der Waals surface area contributed by atoms with Crippen molar-refractivity contribution in [3.8, 4) is 143 Å². The average Bonchev–Trinajstić information content (AvgIpc) is 4.28. The van der Waals surface area contributed by atoms with Crippen LogP contribution in [0.4, 0.5) is 0 Å². The monoisotopic (exact) mass is 944 g/mol. The molecule has 21 heteroatoms. The van der Waals surface area contributed by atoms with Crippen LogP contribution in [0.1, 0.15) is 23.3 Å². The summed E-state index contributed by atoms with van der Waals surface area (Å²) in [6, 6.07) is 9.21. The van der Waals surface area contributed by atoms with E-state index in [1.807, 2.05) is 0 Å². The molecule has 19 N–H and O–H groups in total. The Bertz CT molecular complexity index is 3900. The number of benzene rings is 9. The molecule has 9 aromatic carbocycles. The Morgan fingerprint density at radius 1 is 0.275 bits per heavy atom. The number of rotatable bonds is 5. The van der Waals surface area contributed by atoms with Crippen molar-refractivity contribution >= 4 is 53.9 Å². The summed E-state index contributed by atoms with van der Waals surface area (Å²) in [7, 11) is 0. The van der Waals surface area contributed by atoms with Gasteiger partial charge in [0, 0.05) is 27.6 Å². The van der Waals surface area contributed by atoms with Gasteiger partial charge in [0.05, 0.1) is 56.8 Å². The Hall–Kier alpha value is -9.60. The highest BCUT2D eigenvalue weighted by molar-refractivity contribution is 6.27. The second-order valence-electron chi connectivity index (χ2n) is 16.5. The maximum Gasteiger partial charge on any atom is 0.205 e.